The molecule has 124 valence electrons. The van der Waals surface area contributed by atoms with Gasteiger partial charge in [-0.15, -0.1) is 11.3 Å². The van der Waals surface area contributed by atoms with Gasteiger partial charge < -0.3 is 20.1 Å². The molecule has 0 aliphatic heterocycles. The summed E-state index contributed by atoms with van der Waals surface area (Å²) in [4.78, 5) is 5.60. The molecule has 1 aromatic carbocycles. The minimum Gasteiger partial charge on any atom is -0.493 e. The molecule has 0 radical (unpaired) electrons. The van der Waals surface area contributed by atoms with Crippen LogP contribution in [0.4, 0.5) is 5.69 Å². The van der Waals surface area contributed by atoms with Gasteiger partial charge in [-0.25, -0.2) is 0 Å². The van der Waals surface area contributed by atoms with Crippen LogP contribution >= 0.6 is 11.3 Å². The number of nitrogens with one attached hydrogen (secondary N) is 2. The summed E-state index contributed by atoms with van der Waals surface area (Å²) in [6.07, 6.45) is 0.977. The largest absolute Gasteiger partial charge is 0.493 e. The van der Waals surface area contributed by atoms with Gasteiger partial charge in [0.15, 0.2) is 17.5 Å². The molecule has 0 atom stereocenters. The molecular formula is C17H23N3O2S. The van der Waals surface area contributed by atoms with Crippen molar-refractivity contribution in [2.24, 2.45) is 4.99 Å². The zero-order chi connectivity index (χ0) is 16.5. The van der Waals surface area contributed by atoms with Crippen molar-refractivity contribution in [1.82, 2.24) is 5.32 Å². The number of anilines is 1. The Morgan fingerprint density at radius 3 is 2.78 bits per heavy atom. The molecule has 6 heteroatoms. The fourth-order valence-corrected chi connectivity index (χ4v) is 2.80. The molecule has 0 saturated heterocycles. The van der Waals surface area contributed by atoms with Crippen LogP contribution in [0.5, 0.6) is 11.5 Å². The van der Waals surface area contributed by atoms with Crippen LogP contribution in [-0.2, 0) is 6.42 Å². The van der Waals surface area contributed by atoms with Crippen molar-refractivity contribution in [3.05, 3.63) is 40.6 Å². The molecule has 5 nitrogen and oxygen atoms in total. The number of hydrogen-bond acceptors (Lipinski definition) is 4. The third-order valence-corrected chi connectivity index (χ3v) is 4.13. The summed E-state index contributed by atoms with van der Waals surface area (Å²) < 4.78 is 10.9. The Morgan fingerprint density at radius 2 is 2.13 bits per heavy atom. The zero-order valence-corrected chi connectivity index (χ0v) is 14.6. The van der Waals surface area contributed by atoms with Crippen LogP contribution in [-0.4, -0.2) is 33.3 Å². The van der Waals surface area contributed by atoms with Gasteiger partial charge in [-0.1, -0.05) is 6.07 Å². The summed E-state index contributed by atoms with van der Waals surface area (Å²) in [6.45, 7) is 3.38. The summed E-state index contributed by atoms with van der Waals surface area (Å²) in [5, 5.41) is 8.66. The van der Waals surface area contributed by atoms with Crippen LogP contribution in [0.25, 0.3) is 0 Å². The molecule has 0 spiro atoms. The van der Waals surface area contributed by atoms with E-state index in [1.807, 2.05) is 25.1 Å². The number of thiophene rings is 1. The van der Waals surface area contributed by atoms with Gasteiger partial charge in [0.25, 0.3) is 0 Å². The lowest BCUT2D eigenvalue weighted by molar-refractivity contribution is 0.311. The maximum absolute atomic E-state index is 5.52. The average Bonchev–Trinajstić information content (AvgIpc) is 3.08. The van der Waals surface area contributed by atoms with Crippen molar-refractivity contribution in [2.75, 3.05) is 32.6 Å². The van der Waals surface area contributed by atoms with Gasteiger partial charge in [0.2, 0.25) is 0 Å². The topological polar surface area (TPSA) is 54.9 Å². The first-order valence-corrected chi connectivity index (χ1v) is 8.45. The molecule has 23 heavy (non-hydrogen) atoms. The van der Waals surface area contributed by atoms with Gasteiger partial charge in [0.05, 0.1) is 13.7 Å². The summed E-state index contributed by atoms with van der Waals surface area (Å²) in [7, 11) is 3.39. The first-order valence-electron chi connectivity index (χ1n) is 7.57. The summed E-state index contributed by atoms with van der Waals surface area (Å²) in [5.74, 6) is 2.17. The first kappa shape index (κ1) is 17.1. The Morgan fingerprint density at radius 1 is 1.26 bits per heavy atom. The molecule has 1 aromatic heterocycles. The van der Waals surface area contributed by atoms with Gasteiger partial charge in [-0.3, -0.25) is 4.99 Å². The van der Waals surface area contributed by atoms with E-state index in [2.05, 4.69) is 33.1 Å². The highest BCUT2D eigenvalue weighted by molar-refractivity contribution is 7.09. The highest BCUT2D eigenvalue weighted by Gasteiger charge is 2.06. The third kappa shape index (κ3) is 5.17. The van der Waals surface area contributed by atoms with E-state index in [0.717, 1.165) is 30.4 Å². The monoisotopic (exact) mass is 333 g/mol. The lowest BCUT2D eigenvalue weighted by Crippen LogP contribution is -2.32. The van der Waals surface area contributed by atoms with E-state index in [-0.39, 0.29) is 0 Å². The highest BCUT2D eigenvalue weighted by Crippen LogP contribution is 2.30. The molecule has 0 unspecified atom stereocenters. The number of methoxy groups -OCH3 is 1. The Balaban J connectivity index is 1.93. The van der Waals surface area contributed by atoms with Gasteiger partial charge in [-0.05, 0) is 36.9 Å². The Labute approximate surface area is 141 Å². The van der Waals surface area contributed by atoms with Crippen molar-refractivity contribution in [1.29, 1.82) is 0 Å². The lowest BCUT2D eigenvalue weighted by Gasteiger charge is -2.14. The van der Waals surface area contributed by atoms with E-state index in [4.69, 9.17) is 9.47 Å². The smallest absolute Gasteiger partial charge is 0.195 e. The minimum atomic E-state index is 0.606. The molecule has 2 rings (SSSR count). The summed E-state index contributed by atoms with van der Waals surface area (Å²) >= 11 is 1.77. The molecule has 2 N–H and O–H groups in total. The molecule has 2 aromatic rings. The van der Waals surface area contributed by atoms with Crippen molar-refractivity contribution >= 4 is 23.0 Å². The number of ether oxygens (including phenoxy) is 2. The number of rotatable bonds is 7. The Hall–Kier alpha value is -2.21. The number of aliphatic imine (C=N–C) groups is 1. The Bertz CT molecular complexity index is 627. The number of benzene rings is 1. The van der Waals surface area contributed by atoms with Crippen molar-refractivity contribution < 1.29 is 9.47 Å². The number of hydrogen-bond donors (Lipinski definition) is 2. The van der Waals surface area contributed by atoms with E-state index >= 15 is 0 Å². The highest BCUT2D eigenvalue weighted by atomic mass is 32.1. The van der Waals surface area contributed by atoms with E-state index in [1.54, 1.807) is 25.5 Å². The van der Waals surface area contributed by atoms with Crippen LogP contribution in [0.1, 0.15) is 11.8 Å². The zero-order valence-electron chi connectivity index (χ0n) is 13.8. The molecule has 0 aliphatic rings. The van der Waals surface area contributed by atoms with Gasteiger partial charge >= 0.3 is 0 Å². The van der Waals surface area contributed by atoms with Gasteiger partial charge in [0.1, 0.15) is 0 Å². The maximum Gasteiger partial charge on any atom is 0.195 e. The average molecular weight is 333 g/mol. The van der Waals surface area contributed by atoms with Crippen LogP contribution in [0, 0.1) is 0 Å². The minimum absolute atomic E-state index is 0.606. The molecule has 0 saturated carbocycles. The third-order valence-electron chi connectivity index (χ3n) is 3.19. The van der Waals surface area contributed by atoms with E-state index in [0.29, 0.717) is 12.4 Å². The quantitative estimate of drug-likeness (QED) is 0.602. The van der Waals surface area contributed by atoms with E-state index in [1.165, 1.54) is 4.88 Å². The first-order chi connectivity index (χ1) is 11.3. The van der Waals surface area contributed by atoms with E-state index in [9.17, 15) is 0 Å². The number of guanidine groups is 1. The lowest BCUT2D eigenvalue weighted by atomic mass is 10.2. The van der Waals surface area contributed by atoms with Crippen LogP contribution in [0.3, 0.4) is 0 Å². The predicted molar refractivity (Wildman–Crippen MR) is 97.2 cm³/mol. The van der Waals surface area contributed by atoms with Crippen molar-refractivity contribution in [3.63, 3.8) is 0 Å². The fourth-order valence-electron chi connectivity index (χ4n) is 2.09. The normalized spacial score (nSPS) is 11.2. The van der Waals surface area contributed by atoms with Crippen LogP contribution < -0.4 is 20.1 Å². The molecule has 0 bridgehead atoms. The van der Waals surface area contributed by atoms with Crippen molar-refractivity contribution in [2.45, 2.75) is 13.3 Å². The SMILES string of the molecule is CCOc1ccc(NC(=NC)NCCc2cccs2)cc1OC. The fraction of sp³-hybridized carbons (Fsp3) is 0.353. The molecule has 0 aliphatic carbocycles. The standard InChI is InChI=1S/C17H23N3O2S/c1-4-22-15-8-7-13(12-16(15)21-3)20-17(18-2)19-10-9-14-6-5-11-23-14/h5-8,11-12H,4,9-10H2,1-3H3,(H2,18,19,20). The van der Waals surface area contributed by atoms with Crippen molar-refractivity contribution in [3.8, 4) is 11.5 Å². The molecule has 0 fully saturated rings. The molecule has 0 amide bonds. The van der Waals surface area contributed by atoms with E-state index < -0.39 is 0 Å². The van der Waals surface area contributed by atoms with Crippen LogP contribution in [0.15, 0.2) is 40.7 Å². The van der Waals surface area contributed by atoms with Gasteiger partial charge in [-0.2, -0.15) is 0 Å². The molecule has 1 heterocycles. The summed E-state index contributed by atoms with van der Waals surface area (Å²) in [6, 6.07) is 9.94. The summed E-state index contributed by atoms with van der Waals surface area (Å²) in [5.41, 5.74) is 0.898. The Kier molecular flexibility index (Phi) is 6.75. The predicted octanol–water partition coefficient (Wildman–Crippen LogP) is 3.39. The second kappa shape index (κ2) is 9.05. The second-order valence-corrected chi connectivity index (χ2v) is 5.78. The van der Waals surface area contributed by atoms with Gasteiger partial charge in [0, 0.05) is 30.2 Å². The van der Waals surface area contributed by atoms with Crippen LogP contribution in [0.2, 0.25) is 0 Å². The molecular weight excluding hydrogens is 310 g/mol. The maximum atomic E-state index is 5.52. The number of nitrogens with zero attached hydrogens (tertiary/aromatic N) is 1. The second-order valence-electron chi connectivity index (χ2n) is 4.75.